The van der Waals surface area contributed by atoms with Crippen molar-refractivity contribution in [2.75, 3.05) is 0 Å². The Labute approximate surface area is 109 Å². The number of aromatic nitrogens is 3. The van der Waals surface area contributed by atoms with E-state index in [1.54, 1.807) is 24.5 Å². The molecule has 6 nitrogen and oxygen atoms in total. The van der Waals surface area contributed by atoms with Crippen LogP contribution in [0.1, 0.15) is 21.9 Å². The minimum absolute atomic E-state index is 0.255. The number of hydrogen-bond donors (Lipinski definition) is 3. The molecule has 0 aromatic carbocycles. The molecule has 0 aliphatic carbocycles. The number of nitrogens with zero attached hydrogens (tertiary/aromatic N) is 2. The highest BCUT2D eigenvalue weighted by atomic mass is 32.1. The maximum atomic E-state index is 11.7. The van der Waals surface area contributed by atoms with E-state index in [0.717, 1.165) is 0 Å². The molecule has 4 N–H and O–H groups in total. The minimum Gasteiger partial charge on any atom is -0.389 e. The van der Waals surface area contributed by atoms with Gasteiger partial charge in [-0.15, -0.1) is 0 Å². The van der Waals surface area contributed by atoms with Gasteiger partial charge in [0.2, 0.25) is 0 Å². The number of imidazole rings is 1. The van der Waals surface area contributed by atoms with Crippen LogP contribution >= 0.6 is 12.2 Å². The first kappa shape index (κ1) is 12.2. The van der Waals surface area contributed by atoms with Crippen LogP contribution in [0, 0.1) is 0 Å². The van der Waals surface area contributed by atoms with Crippen LogP contribution in [-0.4, -0.2) is 25.8 Å². The van der Waals surface area contributed by atoms with E-state index in [4.69, 9.17) is 18.0 Å². The van der Waals surface area contributed by atoms with Crippen molar-refractivity contribution in [2.24, 2.45) is 5.73 Å². The van der Waals surface area contributed by atoms with Crippen LogP contribution < -0.4 is 11.1 Å². The molecule has 0 radical (unpaired) electrons. The Kier molecular flexibility index (Phi) is 3.63. The number of carbonyl (C=O) groups is 1. The molecule has 2 aromatic heterocycles. The fourth-order valence-corrected chi connectivity index (χ4v) is 1.44. The third-order valence-electron chi connectivity index (χ3n) is 2.25. The van der Waals surface area contributed by atoms with Crippen molar-refractivity contribution in [3.63, 3.8) is 0 Å². The van der Waals surface area contributed by atoms with Gasteiger partial charge < -0.3 is 16.0 Å². The van der Waals surface area contributed by atoms with Crippen molar-refractivity contribution in [1.82, 2.24) is 20.3 Å². The second kappa shape index (κ2) is 5.37. The Morgan fingerprint density at radius 3 is 2.83 bits per heavy atom. The van der Waals surface area contributed by atoms with Gasteiger partial charge in [0.25, 0.3) is 5.91 Å². The molecule has 0 unspecified atom stereocenters. The van der Waals surface area contributed by atoms with Gasteiger partial charge in [-0.25, -0.2) is 4.98 Å². The lowest BCUT2D eigenvalue weighted by atomic mass is 10.2. The van der Waals surface area contributed by atoms with Crippen LogP contribution in [0.15, 0.2) is 30.7 Å². The first-order valence-corrected chi connectivity index (χ1v) is 5.60. The SMILES string of the molecule is NC(=S)c1ccc(C(=O)NCc2ncc[nH]2)nc1. The van der Waals surface area contributed by atoms with Crippen LogP contribution in [0.2, 0.25) is 0 Å². The highest BCUT2D eigenvalue weighted by molar-refractivity contribution is 7.80. The Hall–Kier alpha value is -2.28. The lowest BCUT2D eigenvalue weighted by Crippen LogP contribution is -2.24. The van der Waals surface area contributed by atoms with Gasteiger partial charge >= 0.3 is 0 Å². The number of carbonyl (C=O) groups excluding carboxylic acids is 1. The summed E-state index contributed by atoms with van der Waals surface area (Å²) in [5.41, 5.74) is 6.38. The molecule has 1 amide bonds. The predicted molar refractivity (Wildman–Crippen MR) is 69.9 cm³/mol. The fourth-order valence-electron chi connectivity index (χ4n) is 1.32. The summed E-state index contributed by atoms with van der Waals surface area (Å²) in [6, 6.07) is 3.24. The zero-order chi connectivity index (χ0) is 13.0. The van der Waals surface area contributed by atoms with Crippen molar-refractivity contribution >= 4 is 23.1 Å². The minimum atomic E-state index is -0.277. The Morgan fingerprint density at radius 1 is 1.44 bits per heavy atom. The number of nitrogens with one attached hydrogen (secondary N) is 2. The maximum Gasteiger partial charge on any atom is 0.270 e. The van der Waals surface area contributed by atoms with E-state index in [0.29, 0.717) is 23.6 Å². The molecule has 92 valence electrons. The molecule has 2 aromatic rings. The summed E-state index contributed by atoms with van der Waals surface area (Å²) in [6.07, 6.45) is 4.79. The molecular formula is C11H11N5OS. The number of H-pyrrole nitrogens is 1. The Balaban J connectivity index is 1.98. The van der Waals surface area contributed by atoms with E-state index >= 15 is 0 Å². The van der Waals surface area contributed by atoms with Gasteiger partial charge in [0, 0.05) is 24.2 Å². The summed E-state index contributed by atoms with van der Waals surface area (Å²) < 4.78 is 0. The normalized spacial score (nSPS) is 10.0. The largest absolute Gasteiger partial charge is 0.389 e. The van der Waals surface area contributed by atoms with Gasteiger partial charge in [-0.3, -0.25) is 9.78 Å². The van der Waals surface area contributed by atoms with Crippen molar-refractivity contribution in [1.29, 1.82) is 0 Å². The fraction of sp³-hybridized carbons (Fsp3) is 0.0909. The quantitative estimate of drug-likeness (QED) is 0.691. The summed E-state index contributed by atoms with van der Waals surface area (Å²) in [5, 5.41) is 2.69. The summed E-state index contributed by atoms with van der Waals surface area (Å²) in [6.45, 7) is 0.324. The molecule has 0 spiro atoms. The van der Waals surface area contributed by atoms with Gasteiger partial charge in [-0.2, -0.15) is 0 Å². The van der Waals surface area contributed by atoms with Crippen LogP contribution in [0.5, 0.6) is 0 Å². The molecule has 18 heavy (non-hydrogen) atoms. The average Bonchev–Trinajstić information content (AvgIpc) is 2.89. The molecule has 0 saturated heterocycles. The maximum absolute atomic E-state index is 11.7. The van der Waals surface area contributed by atoms with Gasteiger partial charge in [-0.05, 0) is 12.1 Å². The molecule has 0 aliphatic rings. The second-order valence-electron chi connectivity index (χ2n) is 3.51. The summed E-state index contributed by atoms with van der Waals surface area (Å²) in [7, 11) is 0. The molecule has 2 rings (SSSR count). The number of thiocarbonyl (C=S) groups is 1. The van der Waals surface area contributed by atoms with Crippen LogP contribution in [0.4, 0.5) is 0 Å². The van der Waals surface area contributed by atoms with Crippen molar-refractivity contribution < 1.29 is 4.79 Å². The first-order valence-electron chi connectivity index (χ1n) is 5.19. The molecule has 7 heteroatoms. The van der Waals surface area contributed by atoms with E-state index in [1.165, 1.54) is 6.20 Å². The highest BCUT2D eigenvalue weighted by Crippen LogP contribution is 2.00. The number of amides is 1. The van der Waals surface area contributed by atoms with Crippen LogP contribution in [0.3, 0.4) is 0 Å². The number of aromatic amines is 1. The summed E-state index contributed by atoms with van der Waals surface area (Å²) in [4.78, 5) is 22.9. The number of hydrogen-bond acceptors (Lipinski definition) is 4. The molecule has 0 fully saturated rings. The number of nitrogens with two attached hydrogens (primary N) is 1. The lowest BCUT2D eigenvalue weighted by Gasteiger charge is -2.03. The van der Waals surface area contributed by atoms with E-state index in [2.05, 4.69) is 20.3 Å². The zero-order valence-electron chi connectivity index (χ0n) is 9.38. The van der Waals surface area contributed by atoms with Crippen molar-refractivity contribution in [2.45, 2.75) is 6.54 Å². The standard InChI is InChI=1S/C11H11N5OS/c12-10(18)7-1-2-8(15-5-7)11(17)16-6-9-13-3-4-14-9/h1-5H,6H2,(H2,12,18)(H,13,14)(H,16,17). The molecule has 0 saturated carbocycles. The average molecular weight is 261 g/mol. The van der Waals surface area contributed by atoms with Gasteiger partial charge in [0.1, 0.15) is 16.5 Å². The topological polar surface area (TPSA) is 96.7 Å². The number of pyridine rings is 1. The molecule has 0 aliphatic heterocycles. The molecule has 0 atom stereocenters. The van der Waals surface area contributed by atoms with Crippen LogP contribution in [-0.2, 0) is 6.54 Å². The van der Waals surface area contributed by atoms with Gasteiger partial charge in [0.05, 0.1) is 6.54 Å². The van der Waals surface area contributed by atoms with E-state index in [9.17, 15) is 4.79 Å². The Bertz CT molecular complexity index is 549. The third kappa shape index (κ3) is 2.89. The summed E-state index contributed by atoms with van der Waals surface area (Å²) >= 11 is 4.80. The van der Waals surface area contributed by atoms with Gasteiger partial charge in [-0.1, -0.05) is 12.2 Å². The molecule has 2 heterocycles. The highest BCUT2D eigenvalue weighted by Gasteiger charge is 2.07. The van der Waals surface area contributed by atoms with Crippen LogP contribution in [0.25, 0.3) is 0 Å². The monoisotopic (exact) mass is 261 g/mol. The number of rotatable bonds is 4. The van der Waals surface area contributed by atoms with E-state index in [-0.39, 0.29) is 10.9 Å². The van der Waals surface area contributed by atoms with E-state index < -0.39 is 0 Å². The van der Waals surface area contributed by atoms with Gasteiger partial charge in [0.15, 0.2) is 0 Å². The lowest BCUT2D eigenvalue weighted by molar-refractivity contribution is 0.0945. The van der Waals surface area contributed by atoms with Crippen molar-refractivity contribution in [3.8, 4) is 0 Å². The Morgan fingerprint density at radius 2 is 2.28 bits per heavy atom. The first-order chi connectivity index (χ1) is 8.66. The zero-order valence-corrected chi connectivity index (χ0v) is 10.2. The molecule has 0 bridgehead atoms. The van der Waals surface area contributed by atoms with E-state index in [1.807, 2.05) is 0 Å². The molecular weight excluding hydrogens is 250 g/mol. The third-order valence-corrected chi connectivity index (χ3v) is 2.49. The van der Waals surface area contributed by atoms with Crippen molar-refractivity contribution in [3.05, 3.63) is 47.8 Å². The second-order valence-corrected chi connectivity index (χ2v) is 3.95. The predicted octanol–water partition coefficient (Wildman–Crippen LogP) is 0.369. The summed E-state index contributed by atoms with van der Waals surface area (Å²) in [5.74, 6) is 0.406. The smallest absolute Gasteiger partial charge is 0.270 e.